The van der Waals surface area contributed by atoms with Crippen LogP contribution in [0.5, 0.6) is 11.5 Å². The van der Waals surface area contributed by atoms with E-state index in [1.54, 1.807) is 21.1 Å². The molecule has 2 heterocycles. The Balaban J connectivity index is 1.58. The van der Waals surface area contributed by atoms with E-state index in [-0.39, 0.29) is 37.5 Å². The number of hydrogen-bond acceptors (Lipinski definition) is 10. The number of rotatable bonds is 17. The summed E-state index contributed by atoms with van der Waals surface area (Å²) in [6.45, 7) is 9.65. The first-order valence-corrected chi connectivity index (χ1v) is 18.9. The Morgan fingerprint density at radius 1 is 0.943 bits per heavy atom. The van der Waals surface area contributed by atoms with Crippen molar-refractivity contribution >= 4 is 8.53 Å². The van der Waals surface area contributed by atoms with Gasteiger partial charge in [-0.3, -0.25) is 14.3 Å². The van der Waals surface area contributed by atoms with Gasteiger partial charge in [-0.2, -0.15) is 5.26 Å². The molecule has 2 N–H and O–H groups in total. The number of ether oxygens (including phenoxy) is 4. The summed E-state index contributed by atoms with van der Waals surface area (Å²) in [5, 5.41) is 12.9. The van der Waals surface area contributed by atoms with Gasteiger partial charge in [-0.25, -0.2) is 9.88 Å². The first-order valence-electron chi connectivity index (χ1n) is 17.7. The molecule has 5 rings (SSSR count). The van der Waals surface area contributed by atoms with Gasteiger partial charge < -0.3 is 28.0 Å². The molecule has 5 unspecified atom stereocenters. The van der Waals surface area contributed by atoms with Gasteiger partial charge in [0.1, 0.15) is 29.4 Å². The van der Waals surface area contributed by atoms with E-state index < -0.39 is 43.8 Å². The number of nitriles is 1. The van der Waals surface area contributed by atoms with E-state index >= 15 is 0 Å². The lowest BCUT2D eigenvalue weighted by Crippen LogP contribution is -2.39. The fraction of sp³-hybridized carbons (Fsp3) is 0.425. The molecule has 0 radical (unpaired) electrons. The average Bonchev–Trinajstić information content (AvgIpc) is 3.55. The van der Waals surface area contributed by atoms with Crippen LogP contribution in [0, 0.1) is 24.2 Å². The number of nitrogens with one attached hydrogen (secondary N) is 2. The number of methoxy groups -OCH3 is 2. The highest BCUT2D eigenvalue weighted by molar-refractivity contribution is 7.45. The number of aromatic amines is 1. The van der Waals surface area contributed by atoms with E-state index in [4.69, 9.17) is 28.0 Å². The van der Waals surface area contributed by atoms with Crippen LogP contribution in [-0.2, 0) is 24.1 Å². The Bertz CT molecular complexity index is 1880. The molecule has 282 valence electrons. The van der Waals surface area contributed by atoms with Crippen LogP contribution in [0.25, 0.3) is 0 Å². The van der Waals surface area contributed by atoms with E-state index in [2.05, 4.69) is 16.1 Å². The topological polar surface area (TPSA) is 146 Å². The highest BCUT2D eigenvalue weighted by atomic mass is 31.2. The second kappa shape index (κ2) is 18.1. The lowest BCUT2D eigenvalue weighted by molar-refractivity contribution is -0.0922. The van der Waals surface area contributed by atoms with Crippen molar-refractivity contribution in [2.45, 2.75) is 83.6 Å². The fourth-order valence-corrected chi connectivity index (χ4v) is 7.87. The lowest BCUT2D eigenvalue weighted by atomic mass is 9.80. The SMILES string of the molecule is COc1ccc(C(OCC2OC(n3cc(C)c(=O)[nH]c3=O)CC2OP(NC(C)C)OC(CC#N)C(C)C)(c2ccccc2)c2ccc(OC)cc2)cc1. The fourth-order valence-electron chi connectivity index (χ4n) is 6.24. The number of benzene rings is 3. The molecule has 13 heteroatoms. The van der Waals surface area contributed by atoms with Crippen molar-refractivity contribution in [1.82, 2.24) is 14.6 Å². The van der Waals surface area contributed by atoms with Crippen LogP contribution in [0.2, 0.25) is 0 Å². The summed E-state index contributed by atoms with van der Waals surface area (Å²) in [4.78, 5) is 27.8. The van der Waals surface area contributed by atoms with Crippen LogP contribution in [-0.4, -0.2) is 54.7 Å². The summed E-state index contributed by atoms with van der Waals surface area (Å²) >= 11 is 0. The monoisotopic (exact) mass is 744 g/mol. The Morgan fingerprint density at radius 2 is 1.53 bits per heavy atom. The summed E-state index contributed by atoms with van der Waals surface area (Å²) in [7, 11) is 1.53. The maximum absolute atomic E-state index is 13.1. The highest BCUT2D eigenvalue weighted by Gasteiger charge is 2.44. The quantitative estimate of drug-likeness (QED) is 0.0883. The predicted molar refractivity (Wildman–Crippen MR) is 203 cm³/mol. The molecule has 3 aromatic carbocycles. The van der Waals surface area contributed by atoms with Crippen LogP contribution < -0.4 is 25.8 Å². The molecule has 0 amide bonds. The molecule has 12 nitrogen and oxygen atoms in total. The van der Waals surface area contributed by atoms with Gasteiger partial charge in [0.2, 0.25) is 0 Å². The van der Waals surface area contributed by atoms with Crippen molar-refractivity contribution in [3.05, 3.63) is 128 Å². The Morgan fingerprint density at radius 3 is 2.06 bits per heavy atom. The maximum Gasteiger partial charge on any atom is 0.330 e. The minimum Gasteiger partial charge on any atom is -0.497 e. The van der Waals surface area contributed by atoms with Crippen LogP contribution >= 0.6 is 8.53 Å². The molecule has 1 aliphatic rings. The predicted octanol–water partition coefficient (Wildman–Crippen LogP) is 6.72. The van der Waals surface area contributed by atoms with Gasteiger partial charge in [0.05, 0.1) is 45.5 Å². The molecule has 1 aliphatic heterocycles. The van der Waals surface area contributed by atoms with Crippen molar-refractivity contribution in [2.75, 3.05) is 20.8 Å². The van der Waals surface area contributed by atoms with E-state index in [0.29, 0.717) is 17.1 Å². The van der Waals surface area contributed by atoms with Crippen molar-refractivity contribution in [3.63, 3.8) is 0 Å². The standard InChI is InChI=1S/C40H49N4O8P/c1-26(2)34(21-22-41)51-53(43-27(3)4)52-35-23-37(44-24-28(5)38(45)42-39(44)46)50-36(35)25-49-40(29-11-9-8-10-12-29,30-13-17-32(47-6)18-14-30)31-15-19-33(48-7)20-16-31/h8-20,24,26-27,34-37,43H,21,23,25H2,1-7H3,(H,42,45,46). The lowest BCUT2D eigenvalue weighted by Gasteiger charge is -2.37. The van der Waals surface area contributed by atoms with Gasteiger partial charge in [0.25, 0.3) is 14.1 Å². The molecule has 0 aliphatic carbocycles. The number of aryl methyl sites for hydroxylation is 1. The van der Waals surface area contributed by atoms with E-state index in [9.17, 15) is 14.9 Å². The third-order valence-electron chi connectivity index (χ3n) is 9.14. The summed E-state index contributed by atoms with van der Waals surface area (Å²) in [6, 6.07) is 27.7. The zero-order valence-electron chi connectivity index (χ0n) is 31.3. The van der Waals surface area contributed by atoms with Crippen LogP contribution in [0.3, 0.4) is 0 Å². The van der Waals surface area contributed by atoms with Crippen molar-refractivity contribution in [3.8, 4) is 17.6 Å². The summed E-state index contributed by atoms with van der Waals surface area (Å²) in [5.41, 5.74) is 0.751. The first-order chi connectivity index (χ1) is 25.5. The third kappa shape index (κ3) is 9.43. The van der Waals surface area contributed by atoms with E-state index in [1.807, 2.05) is 107 Å². The van der Waals surface area contributed by atoms with Gasteiger partial charge in [-0.05, 0) is 67.6 Å². The molecule has 53 heavy (non-hydrogen) atoms. The molecule has 1 saturated heterocycles. The molecule has 0 bridgehead atoms. The number of nitrogens with zero attached hydrogens (tertiary/aromatic N) is 2. The second-order valence-corrected chi connectivity index (χ2v) is 14.8. The zero-order chi connectivity index (χ0) is 38.1. The van der Waals surface area contributed by atoms with Crippen molar-refractivity contribution < 1.29 is 28.0 Å². The van der Waals surface area contributed by atoms with Crippen molar-refractivity contribution in [2.24, 2.45) is 5.92 Å². The smallest absolute Gasteiger partial charge is 0.330 e. The Hall–Kier alpha value is -4.34. The van der Waals surface area contributed by atoms with Crippen LogP contribution in [0.1, 0.15) is 69.0 Å². The van der Waals surface area contributed by atoms with Gasteiger partial charge in [-0.15, -0.1) is 0 Å². The Kier molecular flexibility index (Phi) is 13.6. The number of aromatic nitrogens is 2. The molecular formula is C40H49N4O8P. The largest absolute Gasteiger partial charge is 0.497 e. The van der Waals surface area contributed by atoms with Gasteiger partial charge in [0.15, 0.2) is 0 Å². The minimum atomic E-state index is -1.72. The zero-order valence-corrected chi connectivity index (χ0v) is 32.2. The summed E-state index contributed by atoms with van der Waals surface area (Å²) < 4.78 is 39.4. The molecule has 4 aromatic rings. The first kappa shape index (κ1) is 39.9. The molecular weight excluding hydrogens is 695 g/mol. The van der Waals surface area contributed by atoms with E-state index in [1.165, 1.54) is 10.8 Å². The number of H-pyrrole nitrogens is 1. The van der Waals surface area contributed by atoms with Gasteiger partial charge in [0, 0.05) is 24.2 Å². The summed E-state index contributed by atoms with van der Waals surface area (Å²) in [5.74, 6) is 1.46. The molecule has 5 atom stereocenters. The molecule has 1 aromatic heterocycles. The molecule has 0 saturated carbocycles. The average molecular weight is 745 g/mol. The van der Waals surface area contributed by atoms with Gasteiger partial charge in [-0.1, -0.05) is 68.4 Å². The second-order valence-electron chi connectivity index (χ2n) is 13.6. The highest BCUT2D eigenvalue weighted by Crippen LogP contribution is 2.46. The van der Waals surface area contributed by atoms with Crippen LogP contribution in [0.4, 0.5) is 0 Å². The third-order valence-corrected chi connectivity index (χ3v) is 10.8. The molecule has 1 fully saturated rings. The van der Waals surface area contributed by atoms with Crippen molar-refractivity contribution in [1.29, 1.82) is 5.26 Å². The molecule has 0 spiro atoms. The maximum atomic E-state index is 13.1. The summed E-state index contributed by atoms with van der Waals surface area (Å²) in [6.07, 6.45) is -0.504. The number of hydrogen-bond donors (Lipinski definition) is 2. The van der Waals surface area contributed by atoms with E-state index in [0.717, 1.165) is 16.7 Å². The van der Waals surface area contributed by atoms with Crippen LogP contribution in [0.15, 0.2) is 94.6 Å². The normalized spacial score (nSPS) is 18.5. The van der Waals surface area contributed by atoms with Gasteiger partial charge >= 0.3 is 5.69 Å². The minimum absolute atomic E-state index is 0.00386. The Labute approximate surface area is 311 Å².